The molecular weight excluding hydrogens is 1020 g/mol. The van der Waals surface area contributed by atoms with Crippen LogP contribution in [0.4, 0.5) is 0 Å². The molecule has 0 bridgehead atoms. The second kappa shape index (κ2) is 69.8. The lowest BCUT2D eigenvalue weighted by Crippen LogP contribution is -2.30. The van der Waals surface area contributed by atoms with Gasteiger partial charge in [-0.15, -0.1) is 0 Å². The van der Waals surface area contributed by atoms with Crippen molar-refractivity contribution in [2.24, 2.45) is 0 Å². The fourth-order valence-corrected chi connectivity index (χ4v) is 9.17. The molecule has 0 amide bonds. The van der Waals surface area contributed by atoms with Gasteiger partial charge in [-0.2, -0.15) is 0 Å². The summed E-state index contributed by atoms with van der Waals surface area (Å²) in [4.78, 5) is 38.5. The van der Waals surface area contributed by atoms with Crippen molar-refractivity contribution < 1.29 is 28.6 Å². The topological polar surface area (TPSA) is 78.9 Å². The molecule has 0 saturated heterocycles. The lowest BCUT2D eigenvalue weighted by molar-refractivity contribution is -0.167. The van der Waals surface area contributed by atoms with E-state index in [0.717, 1.165) is 141 Å². The van der Waals surface area contributed by atoms with Crippen LogP contribution in [0.1, 0.15) is 303 Å². The highest BCUT2D eigenvalue weighted by atomic mass is 16.6. The molecule has 1 unspecified atom stereocenters. The molecule has 0 aromatic carbocycles. The molecule has 0 aliphatic rings. The number of carbonyl (C=O) groups excluding carboxylic acids is 3. The molecule has 470 valence electrons. The lowest BCUT2D eigenvalue weighted by atomic mass is 10.1. The first kappa shape index (κ1) is 78.3. The Balaban J connectivity index is 4.49. The van der Waals surface area contributed by atoms with Crippen molar-refractivity contribution in [1.29, 1.82) is 0 Å². The van der Waals surface area contributed by atoms with Crippen molar-refractivity contribution in [2.75, 3.05) is 13.2 Å². The van der Waals surface area contributed by atoms with Gasteiger partial charge in [0.1, 0.15) is 13.2 Å². The van der Waals surface area contributed by atoms with Gasteiger partial charge in [-0.25, -0.2) is 0 Å². The van der Waals surface area contributed by atoms with Gasteiger partial charge in [0.05, 0.1) is 0 Å². The first-order chi connectivity index (χ1) is 41.0. The molecule has 83 heavy (non-hydrogen) atoms. The van der Waals surface area contributed by atoms with Gasteiger partial charge < -0.3 is 14.2 Å². The maximum Gasteiger partial charge on any atom is 0.306 e. The zero-order valence-electron chi connectivity index (χ0n) is 53.9. The van der Waals surface area contributed by atoms with Crippen molar-refractivity contribution in [3.05, 3.63) is 146 Å². The number of unbranched alkanes of at least 4 members (excludes halogenated alkanes) is 26. The van der Waals surface area contributed by atoms with E-state index in [2.05, 4.69) is 167 Å². The summed E-state index contributed by atoms with van der Waals surface area (Å²) in [5.74, 6) is -0.945. The highest BCUT2D eigenvalue weighted by Gasteiger charge is 2.19. The van der Waals surface area contributed by atoms with Gasteiger partial charge in [-0.1, -0.05) is 282 Å². The second-order valence-corrected chi connectivity index (χ2v) is 22.3. The molecule has 0 N–H and O–H groups in total. The van der Waals surface area contributed by atoms with Crippen LogP contribution in [0.3, 0.4) is 0 Å². The second-order valence-electron chi connectivity index (χ2n) is 22.3. The minimum absolute atomic E-state index is 0.101. The highest BCUT2D eigenvalue weighted by Crippen LogP contribution is 2.15. The Morgan fingerprint density at radius 2 is 0.470 bits per heavy atom. The average Bonchev–Trinajstić information content (AvgIpc) is 3.49. The van der Waals surface area contributed by atoms with E-state index in [4.69, 9.17) is 14.2 Å². The maximum absolute atomic E-state index is 13.0. The Morgan fingerprint density at radius 3 is 0.771 bits per heavy atom. The summed E-state index contributed by atoms with van der Waals surface area (Å²) >= 11 is 0. The fraction of sp³-hybridized carbons (Fsp3) is 0.649. The number of hydrogen-bond donors (Lipinski definition) is 0. The van der Waals surface area contributed by atoms with Crippen LogP contribution >= 0.6 is 0 Å². The fourth-order valence-electron chi connectivity index (χ4n) is 9.17. The number of rotatable bonds is 61. The highest BCUT2D eigenvalue weighted by molar-refractivity contribution is 5.71. The lowest BCUT2D eigenvalue weighted by Gasteiger charge is -2.18. The third-order valence-electron chi connectivity index (χ3n) is 14.3. The van der Waals surface area contributed by atoms with Crippen LogP contribution in [0, 0.1) is 0 Å². The predicted octanol–water partition coefficient (Wildman–Crippen LogP) is 23.9. The summed E-state index contributed by atoms with van der Waals surface area (Å²) in [6, 6.07) is 0. The molecule has 0 aromatic rings. The first-order valence-electron chi connectivity index (χ1n) is 34.3. The summed E-state index contributed by atoms with van der Waals surface area (Å²) in [5, 5.41) is 0. The summed E-state index contributed by atoms with van der Waals surface area (Å²) in [5.41, 5.74) is 0. The molecule has 0 fully saturated rings. The molecular formula is C77H126O6. The summed E-state index contributed by atoms with van der Waals surface area (Å²) < 4.78 is 16.9. The van der Waals surface area contributed by atoms with Crippen molar-refractivity contribution in [2.45, 2.75) is 309 Å². The van der Waals surface area contributed by atoms with Gasteiger partial charge in [0.2, 0.25) is 0 Å². The van der Waals surface area contributed by atoms with Crippen LogP contribution in [0.5, 0.6) is 0 Å². The molecule has 0 heterocycles. The van der Waals surface area contributed by atoms with Gasteiger partial charge in [-0.3, -0.25) is 14.4 Å². The Hall–Kier alpha value is -4.71. The molecule has 0 radical (unpaired) electrons. The molecule has 0 aliphatic carbocycles. The minimum atomic E-state index is -0.808. The zero-order valence-corrected chi connectivity index (χ0v) is 53.9. The summed E-state index contributed by atoms with van der Waals surface area (Å²) in [6.45, 7) is 6.46. The van der Waals surface area contributed by atoms with Gasteiger partial charge in [0, 0.05) is 19.3 Å². The number of allylic oxidation sites excluding steroid dienone is 24. The normalized spacial score (nSPS) is 13.0. The third-order valence-corrected chi connectivity index (χ3v) is 14.3. The number of carbonyl (C=O) groups is 3. The molecule has 0 aromatic heterocycles. The molecule has 0 saturated carbocycles. The number of esters is 3. The maximum atomic E-state index is 13.0. The van der Waals surface area contributed by atoms with Gasteiger partial charge >= 0.3 is 17.9 Å². The quantitative estimate of drug-likeness (QED) is 0.0261. The van der Waals surface area contributed by atoms with Crippen LogP contribution in [-0.4, -0.2) is 37.2 Å². The van der Waals surface area contributed by atoms with Crippen LogP contribution in [0.15, 0.2) is 146 Å². The van der Waals surface area contributed by atoms with E-state index < -0.39 is 6.10 Å². The van der Waals surface area contributed by atoms with Gasteiger partial charge in [0.25, 0.3) is 0 Å². The van der Waals surface area contributed by atoms with E-state index in [-0.39, 0.29) is 31.1 Å². The Labute approximate surface area is 512 Å². The minimum Gasteiger partial charge on any atom is -0.462 e. The van der Waals surface area contributed by atoms with Crippen molar-refractivity contribution in [3.8, 4) is 0 Å². The molecule has 6 heteroatoms. The smallest absolute Gasteiger partial charge is 0.306 e. The Morgan fingerprint density at radius 1 is 0.253 bits per heavy atom. The predicted molar refractivity (Wildman–Crippen MR) is 362 cm³/mol. The summed E-state index contributed by atoms with van der Waals surface area (Å²) in [6.07, 6.45) is 99.9. The van der Waals surface area contributed by atoms with Crippen LogP contribution in [-0.2, 0) is 28.6 Å². The Bertz CT molecular complexity index is 1800. The van der Waals surface area contributed by atoms with Crippen LogP contribution < -0.4 is 0 Å². The average molecular weight is 1150 g/mol. The third kappa shape index (κ3) is 68.0. The monoisotopic (exact) mass is 1150 g/mol. The molecule has 6 nitrogen and oxygen atoms in total. The van der Waals surface area contributed by atoms with E-state index in [1.54, 1.807) is 0 Å². The van der Waals surface area contributed by atoms with Gasteiger partial charge in [0.15, 0.2) is 6.10 Å². The van der Waals surface area contributed by atoms with E-state index in [9.17, 15) is 14.4 Å². The van der Waals surface area contributed by atoms with Crippen molar-refractivity contribution in [1.82, 2.24) is 0 Å². The molecule has 0 spiro atoms. The van der Waals surface area contributed by atoms with Crippen LogP contribution in [0.2, 0.25) is 0 Å². The summed E-state index contributed by atoms with van der Waals surface area (Å²) in [7, 11) is 0. The molecule has 1 atom stereocenters. The van der Waals surface area contributed by atoms with Crippen molar-refractivity contribution in [3.63, 3.8) is 0 Å². The van der Waals surface area contributed by atoms with Crippen LogP contribution in [0.25, 0.3) is 0 Å². The largest absolute Gasteiger partial charge is 0.462 e. The van der Waals surface area contributed by atoms with E-state index in [1.807, 2.05) is 0 Å². The van der Waals surface area contributed by atoms with E-state index >= 15 is 0 Å². The molecule has 0 rings (SSSR count). The standard InChI is InChI=1S/C77H126O6/c1-4-7-10-13-16-19-22-25-28-31-33-35-37-38-40-41-43-46-49-52-55-58-61-64-67-70-76(79)82-73-74(72-81-75(78)69-66-63-60-57-54-51-48-45-30-27-24-21-18-15-12-9-6-3)83-77(80)71-68-65-62-59-56-53-50-47-44-42-39-36-34-32-29-26-23-20-17-14-11-8-5-2/h7,10,16,18-19,21,23,25-28,30,32-35,38-40,42-43,46,52,55,74H,4-6,8-9,11-15,17,20,22,24,29,31,36-37,41,44-45,47-51,53-54,56-73H2,1-3H3/b10-7-,19-16-,21-18-,26-23-,28-25-,30-27-,34-32-,35-33-,40-38-,42-39-,46-43-,55-52-. The first-order valence-corrected chi connectivity index (χ1v) is 34.3. The SMILES string of the molecule is CC/C=C\C/C=C\C/C=C\C/C=C\C/C=C\C/C=C\C/C=C\CCCCCC(=O)OCC(COC(=O)CCCCCCCCC/C=C\C/C=C\CCCCC)OC(=O)CCCCCCCCCC/C=C\C/C=C\C/C=C\CCCCCCC. The van der Waals surface area contributed by atoms with E-state index in [0.29, 0.717) is 19.3 Å². The Kier molecular flexibility index (Phi) is 65.8. The van der Waals surface area contributed by atoms with Crippen molar-refractivity contribution >= 4 is 17.9 Å². The number of hydrogen-bond acceptors (Lipinski definition) is 6. The van der Waals surface area contributed by atoms with E-state index in [1.165, 1.54) is 122 Å². The van der Waals surface area contributed by atoms with Gasteiger partial charge in [-0.05, 0) is 148 Å². The zero-order chi connectivity index (χ0) is 59.9. The number of ether oxygens (including phenoxy) is 3. The molecule has 0 aliphatic heterocycles.